The van der Waals surface area contributed by atoms with E-state index in [-0.39, 0.29) is 6.10 Å². The largest absolute Gasteiger partial charge is 0.376 e. The standard InChI is InChI=1S/C14H19N3O3/c18-13(14(19)17-10-12-5-3-9-20-12)16-8-6-11-4-1-2-7-15-11/h1-2,4,7,12H,3,5-6,8-10H2,(H,16,18)(H,17,19)/t12-/m1/s1. The molecule has 1 aromatic heterocycles. The van der Waals surface area contributed by atoms with Gasteiger partial charge in [-0.25, -0.2) is 0 Å². The molecule has 20 heavy (non-hydrogen) atoms. The highest BCUT2D eigenvalue weighted by molar-refractivity contribution is 6.35. The number of nitrogens with one attached hydrogen (secondary N) is 2. The number of amides is 2. The Morgan fingerprint density at radius 3 is 2.85 bits per heavy atom. The zero-order valence-electron chi connectivity index (χ0n) is 11.3. The average molecular weight is 277 g/mol. The summed E-state index contributed by atoms with van der Waals surface area (Å²) >= 11 is 0. The topological polar surface area (TPSA) is 80.3 Å². The Morgan fingerprint density at radius 1 is 1.30 bits per heavy atom. The maximum absolute atomic E-state index is 11.6. The number of rotatable bonds is 5. The highest BCUT2D eigenvalue weighted by Crippen LogP contribution is 2.10. The van der Waals surface area contributed by atoms with E-state index in [2.05, 4.69) is 15.6 Å². The van der Waals surface area contributed by atoms with Gasteiger partial charge in [0.1, 0.15) is 0 Å². The Kier molecular flexibility index (Phi) is 5.49. The summed E-state index contributed by atoms with van der Waals surface area (Å²) in [6.07, 6.45) is 4.29. The predicted molar refractivity (Wildman–Crippen MR) is 72.9 cm³/mol. The van der Waals surface area contributed by atoms with Crippen molar-refractivity contribution in [1.29, 1.82) is 0 Å². The van der Waals surface area contributed by atoms with Crippen molar-refractivity contribution in [3.05, 3.63) is 30.1 Å². The van der Waals surface area contributed by atoms with Gasteiger partial charge in [0.15, 0.2) is 0 Å². The Labute approximate surface area is 117 Å². The van der Waals surface area contributed by atoms with E-state index in [1.54, 1.807) is 6.20 Å². The lowest BCUT2D eigenvalue weighted by Gasteiger charge is -2.10. The maximum Gasteiger partial charge on any atom is 0.309 e. The van der Waals surface area contributed by atoms with E-state index >= 15 is 0 Å². The number of carbonyl (C=O) groups is 2. The summed E-state index contributed by atoms with van der Waals surface area (Å²) in [5, 5.41) is 5.16. The highest BCUT2D eigenvalue weighted by atomic mass is 16.5. The molecule has 2 amide bonds. The van der Waals surface area contributed by atoms with Crippen molar-refractivity contribution >= 4 is 11.8 Å². The van der Waals surface area contributed by atoms with Crippen molar-refractivity contribution in [3.8, 4) is 0 Å². The van der Waals surface area contributed by atoms with Crippen LogP contribution in [0.2, 0.25) is 0 Å². The summed E-state index contributed by atoms with van der Waals surface area (Å²) in [5.74, 6) is -1.22. The van der Waals surface area contributed by atoms with Gasteiger partial charge in [-0.1, -0.05) is 6.07 Å². The molecule has 0 aromatic carbocycles. The molecule has 2 N–H and O–H groups in total. The molecule has 108 valence electrons. The van der Waals surface area contributed by atoms with E-state index in [0.717, 1.165) is 25.1 Å². The van der Waals surface area contributed by atoms with Gasteiger partial charge in [0.2, 0.25) is 0 Å². The van der Waals surface area contributed by atoms with E-state index in [1.165, 1.54) is 0 Å². The predicted octanol–water partition coefficient (Wildman–Crippen LogP) is 0.0355. The summed E-state index contributed by atoms with van der Waals surface area (Å²) in [7, 11) is 0. The van der Waals surface area contributed by atoms with Gasteiger partial charge in [-0.15, -0.1) is 0 Å². The fourth-order valence-electron chi connectivity index (χ4n) is 2.02. The number of nitrogens with zero attached hydrogens (tertiary/aromatic N) is 1. The summed E-state index contributed by atoms with van der Waals surface area (Å²) in [6, 6.07) is 5.60. The minimum Gasteiger partial charge on any atom is -0.376 e. The normalized spacial score (nSPS) is 17.7. The van der Waals surface area contributed by atoms with Gasteiger partial charge in [-0.3, -0.25) is 14.6 Å². The second-order valence-corrected chi connectivity index (χ2v) is 4.67. The third-order valence-electron chi connectivity index (χ3n) is 3.11. The minimum atomic E-state index is -0.612. The summed E-state index contributed by atoms with van der Waals surface area (Å²) in [6.45, 7) is 1.52. The number of carbonyl (C=O) groups excluding carboxylic acids is 2. The smallest absolute Gasteiger partial charge is 0.309 e. The third-order valence-corrected chi connectivity index (χ3v) is 3.11. The number of hydrogen-bond donors (Lipinski definition) is 2. The molecule has 1 aromatic rings. The molecule has 1 saturated heterocycles. The van der Waals surface area contributed by atoms with E-state index in [9.17, 15) is 9.59 Å². The first-order valence-corrected chi connectivity index (χ1v) is 6.83. The quantitative estimate of drug-likeness (QED) is 0.744. The minimum absolute atomic E-state index is 0.0419. The van der Waals surface area contributed by atoms with Crippen molar-refractivity contribution < 1.29 is 14.3 Å². The third kappa shape index (κ3) is 4.62. The van der Waals surface area contributed by atoms with Crippen LogP contribution in [-0.4, -0.2) is 42.6 Å². The molecule has 0 unspecified atom stereocenters. The second kappa shape index (κ2) is 7.59. The number of pyridine rings is 1. The highest BCUT2D eigenvalue weighted by Gasteiger charge is 2.18. The zero-order valence-corrected chi connectivity index (χ0v) is 11.3. The van der Waals surface area contributed by atoms with Gasteiger partial charge >= 0.3 is 11.8 Å². The molecule has 0 saturated carbocycles. The molecule has 1 aliphatic rings. The zero-order chi connectivity index (χ0) is 14.2. The molecule has 0 aliphatic carbocycles. The number of hydrogen-bond acceptors (Lipinski definition) is 4. The lowest BCUT2D eigenvalue weighted by molar-refractivity contribution is -0.139. The first-order chi connectivity index (χ1) is 9.75. The first kappa shape index (κ1) is 14.5. The van der Waals surface area contributed by atoms with Crippen LogP contribution in [0.5, 0.6) is 0 Å². The first-order valence-electron chi connectivity index (χ1n) is 6.83. The molecule has 6 heteroatoms. The van der Waals surface area contributed by atoms with Crippen LogP contribution in [-0.2, 0) is 20.7 Å². The van der Waals surface area contributed by atoms with Gasteiger partial charge < -0.3 is 15.4 Å². The molecule has 1 fully saturated rings. The van der Waals surface area contributed by atoms with Crippen molar-refractivity contribution in [2.24, 2.45) is 0 Å². The van der Waals surface area contributed by atoms with E-state index in [1.807, 2.05) is 18.2 Å². The molecule has 2 heterocycles. The maximum atomic E-state index is 11.6. The Hall–Kier alpha value is -1.95. The second-order valence-electron chi connectivity index (χ2n) is 4.67. The fourth-order valence-corrected chi connectivity index (χ4v) is 2.02. The van der Waals surface area contributed by atoms with Crippen molar-refractivity contribution in [2.45, 2.75) is 25.4 Å². The van der Waals surface area contributed by atoms with E-state index in [0.29, 0.717) is 19.5 Å². The van der Waals surface area contributed by atoms with Crippen LogP contribution in [0, 0.1) is 0 Å². The van der Waals surface area contributed by atoms with Crippen LogP contribution >= 0.6 is 0 Å². The van der Waals surface area contributed by atoms with Crippen LogP contribution in [0.4, 0.5) is 0 Å². The monoisotopic (exact) mass is 277 g/mol. The van der Waals surface area contributed by atoms with Gasteiger partial charge in [-0.05, 0) is 25.0 Å². The Morgan fingerprint density at radius 2 is 2.15 bits per heavy atom. The molecule has 1 atom stereocenters. The summed E-state index contributed by atoms with van der Waals surface area (Å²) in [5.41, 5.74) is 0.882. The molecule has 6 nitrogen and oxygen atoms in total. The Balaban J connectivity index is 1.62. The number of ether oxygens (including phenoxy) is 1. The molecule has 0 spiro atoms. The Bertz CT molecular complexity index is 444. The lowest BCUT2D eigenvalue weighted by Crippen LogP contribution is -2.43. The SMILES string of the molecule is O=C(NCCc1ccccn1)C(=O)NC[C@H]1CCCO1. The van der Waals surface area contributed by atoms with Gasteiger partial charge in [0.25, 0.3) is 0 Å². The summed E-state index contributed by atoms with van der Waals surface area (Å²) < 4.78 is 5.37. The number of aromatic nitrogens is 1. The van der Waals surface area contributed by atoms with Crippen LogP contribution in [0.15, 0.2) is 24.4 Å². The van der Waals surface area contributed by atoms with Crippen LogP contribution in [0.1, 0.15) is 18.5 Å². The van der Waals surface area contributed by atoms with Crippen LogP contribution in [0.25, 0.3) is 0 Å². The van der Waals surface area contributed by atoms with Crippen molar-refractivity contribution in [3.63, 3.8) is 0 Å². The van der Waals surface area contributed by atoms with E-state index in [4.69, 9.17) is 4.74 Å². The lowest BCUT2D eigenvalue weighted by atomic mass is 10.2. The fraction of sp³-hybridized carbons (Fsp3) is 0.500. The molecular weight excluding hydrogens is 258 g/mol. The van der Waals surface area contributed by atoms with Gasteiger partial charge in [0, 0.05) is 38.0 Å². The molecule has 2 rings (SSSR count). The molecule has 0 bridgehead atoms. The van der Waals surface area contributed by atoms with Crippen LogP contribution in [0.3, 0.4) is 0 Å². The molecule has 1 aliphatic heterocycles. The van der Waals surface area contributed by atoms with E-state index < -0.39 is 11.8 Å². The van der Waals surface area contributed by atoms with Crippen molar-refractivity contribution in [1.82, 2.24) is 15.6 Å². The average Bonchev–Trinajstić information content (AvgIpc) is 2.99. The molecular formula is C14H19N3O3. The van der Waals surface area contributed by atoms with Gasteiger partial charge in [0.05, 0.1) is 6.10 Å². The van der Waals surface area contributed by atoms with Gasteiger partial charge in [-0.2, -0.15) is 0 Å². The van der Waals surface area contributed by atoms with Crippen molar-refractivity contribution in [2.75, 3.05) is 19.7 Å². The molecule has 0 radical (unpaired) electrons. The van der Waals surface area contributed by atoms with Crippen LogP contribution < -0.4 is 10.6 Å². The summed E-state index contributed by atoms with van der Waals surface area (Å²) in [4.78, 5) is 27.2.